The van der Waals surface area contributed by atoms with Crippen molar-refractivity contribution in [1.29, 1.82) is 0 Å². The number of amides is 1. The lowest BCUT2D eigenvalue weighted by Crippen LogP contribution is -2.17. The predicted molar refractivity (Wildman–Crippen MR) is 52.0 cm³/mol. The second-order valence-corrected chi connectivity index (χ2v) is 3.86. The topological polar surface area (TPSA) is 68.9 Å². The van der Waals surface area contributed by atoms with Crippen LogP contribution in [0.3, 0.4) is 0 Å². The van der Waals surface area contributed by atoms with Crippen molar-refractivity contribution in [3.63, 3.8) is 0 Å². The maximum atomic E-state index is 11.0. The molecule has 14 heavy (non-hydrogen) atoms. The highest BCUT2D eigenvalue weighted by molar-refractivity contribution is 6.28. The number of nitrogens with zero attached hydrogens (tertiary/aromatic N) is 2. The van der Waals surface area contributed by atoms with Crippen molar-refractivity contribution in [3.8, 4) is 0 Å². The van der Waals surface area contributed by atoms with Crippen LogP contribution < -0.4 is 5.73 Å². The number of halogens is 1. The van der Waals surface area contributed by atoms with Crippen LogP contribution in [-0.4, -0.2) is 15.9 Å². The Hall–Kier alpha value is -1.16. The molecule has 2 N–H and O–H groups in total. The first-order valence-corrected chi connectivity index (χ1v) is 4.86. The predicted octanol–water partition coefficient (Wildman–Crippen LogP) is 1.18. The largest absolute Gasteiger partial charge is 0.364 e. The zero-order chi connectivity index (χ0) is 10.1. The van der Waals surface area contributed by atoms with Gasteiger partial charge in [0.05, 0.1) is 0 Å². The van der Waals surface area contributed by atoms with Gasteiger partial charge in [-0.2, -0.15) is 0 Å². The molecule has 0 saturated heterocycles. The van der Waals surface area contributed by atoms with Crippen molar-refractivity contribution in [3.05, 3.63) is 22.7 Å². The van der Waals surface area contributed by atoms with Crippen LogP contribution in [0.15, 0.2) is 6.20 Å². The molecule has 1 fully saturated rings. The van der Waals surface area contributed by atoms with Gasteiger partial charge >= 0.3 is 0 Å². The Morgan fingerprint density at radius 1 is 1.64 bits per heavy atom. The molecule has 0 unspecified atom stereocenters. The van der Waals surface area contributed by atoms with Crippen LogP contribution in [0, 0.1) is 5.92 Å². The summed E-state index contributed by atoms with van der Waals surface area (Å²) >= 11 is 5.58. The first-order valence-electron chi connectivity index (χ1n) is 4.48. The second-order valence-electron chi connectivity index (χ2n) is 3.52. The fourth-order valence-electron chi connectivity index (χ4n) is 1.38. The fourth-order valence-corrected chi connectivity index (χ4v) is 1.51. The third-order valence-corrected chi connectivity index (χ3v) is 2.46. The van der Waals surface area contributed by atoms with Crippen LogP contribution in [-0.2, 0) is 6.42 Å². The highest BCUT2D eigenvalue weighted by Gasteiger charge is 2.24. The molecule has 1 aliphatic carbocycles. The van der Waals surface area contributed by atoms with Crippen molar-refractivity contribution in [2.75, 3.05) is 0 Å². The number of hydrogen-bond acceptors (Lipinski definition) is 3. The molecule has 2 rings (SSSR count). The third kappa shape index (κ3) is 2.01. The molecule has 4 nitrogen and oxygen atoms in total. The van der Waals surface area contributed by atoms with E-state index in [1.54, 1.807) is 6.20 Å². The maximum absolute atomic E-state index is 11.0. The lowest BCUT2D eigenvalue weighted by atomic mass is 10.1. The Morgan fingerprint density at radius 2 is 2.36 bits per heavy atom. The molecule has 0 radical (unpaired) electrons. The lowest BCUT2D eigenvalue weighted by Gasteiger charge is -2.03. The van der Waals surface area contributed by atoms with Gasteiger partial charge in [0.1, 0.15) is 5.69 Å². The second kappa shape index (κ2) is 3.53. The van der Waals surface area contributed by atoms with Crippen LogP contribution in [0.1, 0.15) is 28.9 Å². The number of primary amides is 1. The minimum Gasteiger partial charge on any atom is -0.364 e. The summed E-state index contributed by atoms with van der Waals surface area (Å²) in [5.74, 6) is 0.128. The van der Waals surface area contributed by atoms with Crippen LogP contribution in [0.5, 0.6) is 0 Å². The van der Waals surface area contributed by atoms with Crippen LogP contribution in [0.4, 0.5) is 0 Å². The highest BCUT2D eigenvalue weighted by Crippen LogP contribution is 2.33. The van der Waals surface area contributed by atoms with E-state index in [1.807, 2.05) is 0 Å². The van der Waals surface area contributed by atoms with Crippen LogP contribution in [0.25, 0.3) is 0 Å². The van der Waals surface area contributed by atoms with Gasteiger partial charge < -0.3 is 5.73 Å². The summed E-state index contributed by atoms with van der Waals surface area (Å²) in [5, 5.41) is 0.0679. The van der Waals surface area contributed by atoms with Crippen molar-refractivity contribution in [1.82, 2.24) is 9.97 Å². The Labute approximate surface area is 86.5 Å². The van der Waals surface area contributed by atoms with E-state index in [0.29, 0.717) is 5.92 Å². The summed E-state index contributed by atoms with van der Waals surface area (Å²) in [6.45, 7) is 0. The Balaban J connectivity index is 2.31. The number of rotatable bonds is 3. The van der Waals surface area contributed by atoms with Gasteiger partial charge in [0.25, 0.3) is 5.91 Å². The molecule has 1 aromatic rings. The smallest absolute Gasteiger partial charge is 0.267 e. The van der Waals surface area contributed by atoms with E-state index < -0.39 is 5.91 Å². The minimum atomic E-state index is -0.537. The maximum Gasteiger partial charge on any atom is 0.267 e. The highest BCUT2D eigenvalue weighted by atomic mass is 35.5. The molecule has 0 aliphatic heterocycles. The number of hydrogen-bond donors (Lipinski definition) is 1. The SMILES string of the molecule is NC(=O)c1nc(Cl)ncc1CC1CC1. The van der Waals surface area contributed by atoms with E-state index in [2.05, 4.69) is 9.97 Å². The van der Waals surface area contributed by atoms with Gasteiger partial charge in [0, 0.05) is 11.8 Å². The van der Waals surface area contributed by atoms with Gasteiger partial charge in [-0.3, -0.25) is 4.79 Å². The number of carbonyl (C=O) groups excluding carboxylic acids is 1. The Bertz CT molecular complexity index is 376. The molecule has 1 aromatic heterocycles. The molecule has 5 heteroatoms. The summed E-state index contributed by atoms with van der Waals surface area (Å²) in [7, 11) is 0. The zero-order valence-corrected chi connectivity index (χ0v) is 8.29. The summed E-state index contributed by atoms with van der Waals surface area (Å²) in [6, 6.07) is 0. The van der Waals surface area contributed by atoms with Crippen molar-refractivity contribution in [2.24, 2.45) is 11.7 Å². The summed E-state index contributed by atoms with van der Waals surface area (Å²) in [6.07, 6.45) is 4.84. The van der Waals surface area contributed by atoms with Crippen molar-refractivity contribution >= 4 is 17.5 Å². The van der Waals surface area contributed by atoms with Gasteiger partial charge in [0.2, 0.25) is 5.28 Å². The number of aromatic nitrogens is 2. The monoisotopic (exact) mass is 211 g/mol. The number of carbonyl (C=O) groups is 1. The zero-order valence-electron chi connectivity index (χ0n) is 7.53. The van der Waals surface area contributed by atoms with E-state index in [1.165, 1.54) is 12.8 Å². The molecule has 1 heterocycles. The fraction of sp³-hybridized carbons (Fsp3) is 0.444. The number of nitrogens with two attached hydrogens (primary N) is 1. The molecule has 0 aromatic carbocycles. The minimum absolute atomic E-state index is 0.0679. The van der Waals surface area contributed by atoms with Gasteiger partial charge in [-0.25, -0.2) is 9.97 Å². The molecular weight excluding hydrogens is 202 g/mol. The normalized spacial score (nSPS) is 15.5. The van der Waals surface area contributed by atoms with Crippen LogP contribution >= 0.6 is 11.6 Å². The van der Waals surface area contributed by atoms with E-state index >= 15 is 0 Å². The van der Waals surface area contributed by atoms with Gasteiger partial charge in [0.15, 0.2) is 0 Å². The van der Waals surface area contributed by atoms with Crippen LogP contribution in [0.2, 0.25) is 5.28 Å². The molecule has 1 amide bonds. The van der Waals surface area contributed by atoms with Gasteiger partial charge in [-0.05, 0) is 36.8 Å². The molecule has 74 valence electrons. The van der Waals surface area contributed by atoms with Crippen molar-refractivity contribution in [2.45, 2.75) is 19.3 Å². The quantitative estimate of drug-likeness (QED) is 0.764. The first-order chi connectivity index (χ1) is 6.66. The first kappa shape index (κ1) is 9.40. The molecule has 0 spiro atoms. The Morgan fingerprint density at radius 3 is 2.93 bits per heavy atom. The third-order valence-electron chi connectivity index (χ3n) is 2.27. The van der Waals surface area contributed by atoms with Gasteiger partial charge in [-0.15, -0.1) is 0 Å². The summed E-state index contributed by atoms with van der Waals surface area (Å²) in [5.41, 5.74) is 6.26. The average molecular weight is 212 g/mol. The Kier molecular flexibility index (Phi) is 2.37. The molecule has 0 bridgehead atoms. The van der Waals surface area contributed by atoms with E-state index in [9.17, 15) is 4.79 Å². The van der Waals surface area contributed by atoms with E-state index in [4.69, 9.17) is 17.3 Å². The van der Waals surface area contributed by atoms with E-state index in [0.717, 1.165) is 12.0 Å². The lowest BCUT2D eigenvalue weighted by molar-refractivity contribution is 0.0994. The summed E-state index contributed by atoms with van der Waals surface area (Å²) < 4.78 is 0. The molecular formula is C9H10ClN3O. The summed E-state index contributed by atoms with van der Waals surface area (Å²) in [4.78, 5) is 18.7. The van der Waals surface area contributed by atoms with E-state index in [-0.39, 0.29) is 11.0 Å². The van der Waals surface area contributed by atoms with Gasteiger partial charge in [-0.1, -0.05) is 0 Å². The molecule has 1 aliphatic rings. The standard InChI is InChI=1S/C9H10ClN3O/c10-9-12-4-6(3-5-1-2-5)7(13-9)8(11)14/h4-5H,1-3H2,(H2,11,14). The average Bonchev–Trinajstić information content (AvgIpc) is 2.91. The molecule has 1 saturated carbocycles. The van der Waals surface area contributed by atoms with Crippen molar-refractivity contribution < 1.29 is 4.79 Å². The molecule has 0 atom stereocenters.